The average molecular weight is 371 g/mol. The summed E-state index contributed by atoms with van der Waals surface area (Å²) >= 11 is 3.94. The Morgan fingerprint density at radius 1 is 1.20 bits per heavy atom. The van der Waals surface area contributed by atoms with Gasteiger partial charge in [-0.15, -0.1) is 0 Å². The topological polar surface area (TPSA) is 125 Å². The Bertz CT molecular complexity index is 608. The summed E-state index contributed by atoms with van der Waals surface area (Å²) < 4.78 is 4.82. The van der Waals surface area contributed by atoms with Crippen LogP contribution in [0.2, 0.25) is 0 Å². The van der Waals surface area contributed by atoms with Crippen molar-refractivity contribution in [2.75, 3.05) is 30.8 Å². The quantitative estimate of drug-likeness (QED) is 0.314. The van der Waals surface area contributed by atoms with Crippen LogP contribution < -0.4 is 21.5 Å². The van der Waals surface area contributed by atoms with Gasteiger partial charge in [-0.2, -0.15) is 12.6 Å². The zero-order chi connectivity index (χ0) is 18.5. The summed E-state index contributed by atoms with van der Waals surface area (Å²) in [6.07, 6.45) is 3.09. The Morgan fingerprint density at radius 3 is 2.52 bits per heavy atom. The molecular formula is C15H25N5O4S. The lowest BCUT2D eigenvalue weighted by Crippen LogP contribution is -2.31. The molecular weight excluding hydrogens is 346 g/mol. The minimum Gasteiger partial charge on any atom is -0.449 e. The molecule has 0 aromatic carbocycles. The molecule has 0 aliphatic heterocycles. The van der Waals surface area contributed by atoms with E-state index in [4.69, 9.17) is 4.74 Å². The molecule has 1 aromatic heterocycles. The predicted octanol–water partition coefficient (Wildman–Crippen LogP) is 1.42. The number of H-pyrrole nitrogens is 1. The fraction of sp³-hybridized carbons (Fsp3) is 0.600. The Balaban J connectivity index is 2.03. The molecule has 0 saturated carbocycles. The van der Waals surface area contributed by atoms with Crippen molar-refractivity contribution in [3.63, 3.8) is 0 Å². The number of rotatable bonds is 10. The Morgan fingerprint density at radius 2 is 1.88 bits per heavy atom. The highest BCUT2D eigenvalue weighted by Crippen LogP contribution is 1.99. The van der Waals surface area contributed by atoms with Gasteiger partial charge < -0.3 is 15.4 Å². The number of nitrogens with zero attached hydrogens (tertiary/aromatic N) is 1. The molecule has 1 aromatic rings. The number of aryl methyl sites for hydroxylation is 1. The van der Waals surface area contributed by atoms with Crippen molar-refractivity contribution in [1.82, 2.24) is 20.6 Å². The SMILES string of the molecule is Cc1cc(=O)[nH]c(NC(=O)NCCCCCCNC(=O)OCCS)n1. The van der Waals surface area contributed by atoms with E-state index in [2.05, 4.69) is 38.5 Å². The molecule has 1 heterocycles. The first-order valence-corrected chi connectivity index (χ1v) is 8.79. The number of hydrogen-bond donors (Lipinski definition) is 5. The average Bonchev–Trinajstić information content (AvgIpc) is 2.54. The van der Waals surface area contributed by atoms with Gasteiger partial charge in [0.25, 0.3) is 5.56 Å². The van der Waals surface area contributed by atoms with Crippen LogP contribution in [0.1, 0.15) is 31.4 Å². The summed E-state index contributed by atoms with van der Waals surface area (Å²) in [6.45, 7) is 3.05. The number of amides is 3. The number of aromatic amines is 1. The molecule has 0 aliphatic rings. The summed E-state index contributed by atoms with van der Waals surface area (Å²) in [6, 6.07) is 0.931. The monoisotopic (exact) mass is 371 g/mol. The number of alkyl carbamates (subject to hydrolysis) is 1. The van der Waals surface area contributed by atoms with Crippen LogP contribution in [0.25, 0.3) is 0 Å². The number of aromatic nitrogens is 2. The molecule has 1 rings (SSSR count). The number of urea groups is 1. The van der Waals surface area contributed by atoms with Crippen LogP contribution in [0.15, 0.2) is 10.9 Å². The molecule has 0 spiro atoms. The number of unbranched alkanes of at least 4 members (excludes halogenated alkanes) is 3. The fourth-order valence-corrected chi connectivity index (χ4v) is 2.07. The molecule has 4 N–H and O–H groups in total. The van der Waals surface area contributed by atoms with Crippen molar-refractivity contribution in [3.05, 3.63) is 22.1 Å². The number of carbonyl (C=O) groups excluding carboxylic acids is 2. The van der Waals surface area contributed by atoms with Gasteiger partial charge in [0.15, 0.2) is 0 Å². The molecule has 0 atom stereocenters. The van der Waals surface area contributed by atoms with Crippen molar-refractivity contribution >= 4 is 30.7 Å². The Hall–Kier alpha value is -2.23. The number of anilines is 1. The lowest BCUT2D eigenvalue weighted by molar-refractivity contribution is 0.153. The summed E-state index contributed by atoms with van der Waals surface area (Å²) in [5.41, 5.74) is 0.216. The van der Waals surface area contributed by atoms with Crippen LogP contribution >= 0.6 is 12.6 Å². The smallest absolute Gasteiger partial charge is 0.407 e. The van der Waals surface area contributed by atoms with E-state index < -0.39 is 12.1 Å². The third kappa shape index (κ3) is 10.3. The largest absolute Gasteiger partial charge is 0.449 e. The first-order valence-electron chi connectivity index (χ1n) is 8.15. The highest BCUT2D eigenvalue weighted by atomic mass is 32.1. The number of hydrogen-bond acceptors (Lipinski definition) is 6. The third-order valence-corrected chi connectivity index (χ3v) is 3.27. The maximum atomic E-state index is 11.7. The van der Waals surface area contributed by atoms with E-state index in [0.717, 1.165) is 25.7 Å². The molecule has 140 valence electrons. The highest BCUT2D eigenvalue weighted by Gasteiger charge is 2.04. The molecule has 10 heteroatoms. The van der Waals surface area contributed by atoms with Crippen LogP contribution in [-0.4, -0.2) is 47.5 Å². The summed E-state index contributed by atoms with van der Waals surface area (Å²) in [5, 5.41) is 7.83. The zero-order valence-corrected chi connectivity index (χ0v) is 15.2. The van der Waals surface area contributed by atoms with Gasteiger partial charge in [-0.3, -0.25) is 15.1 Å². The van der Waals surface area contributed by atoms with E-state index in [1.165, 1.54) is 6.07 Å². The molecule has 0 unspecified atom stereocenters. The van der Waals surface area contributed by atoms with Gasteiger partial charge in [0.05, 0.1) is 0 Å². The lowest BCUT2D eigenvalue weighted by atomic mass is 10.2. The van der Waals surface area contributed by atoms with Gasteiger partial charge in [-0.1, -0.05) is 12.8 Å². The highest BCUT2D eigenvalue weighted by molar-refractivity contribution is 7.80. The summed E-state index contributed by atoms with van der Waals surface area (Å²) in [5.74, 6) is 0.627. The second-order valence-electron chi connectivity index (χ2n) is 5.32. The van der Waals surface area contributed by atoms with E-state index in [1.54, 1.807) is 6.92 Å². The van der Waals surface area contributed by atoms with E-state index >= 15 is 0 Å². The van der Waals surface area contributed by atoms with E-state index in [-0.39, 0.29) is 11.5 Å². The van der Waals surface area contributed by atoms with Gasteiger partial charge in [0.1, 0.15) is 6.61 Å². The first-order chi connectivity index (χ1) is 12.0. The second kappa shape index (κ2) is 12.2. The van der Waals surface area contributed by atoms with E-state index in [9.17, 15) is 14.4 Å². The van der Waals surface area contributed by atoms with E-state index in [1.807, 2.05) is 0 Å². The number of carbonyl (C=O) groups is 2. The maximum Gasteiger partial charge on any atom is 0.407 e. The zero-order valence-electron chi connectivity index (χ0n) is 14.3. The first kappa shape index (κ1) is 20.8. The second-order valence-corrected chi connectivity index (χ2v) is 5.76. The minimum atomic E-state index is -0.421. The van der Waals surface area contributed by atoms with Crippen molar-refractivity contribution in [1.29, 1.82) is 0 Å². The number of nitrogens with one attached hydrogen (secondary N) is 4. The molecule has 0 fully saturated rings. The van der Waals surface area contributed by atoms with Crippen molar-refractivity contribution in [3.8, 4) is 0 Å². The molecule has 0 aliphatic carbocycles. The van der Waals surface area contributed by atoms with Crippen LogP contribution in [0.5, 0.6) is 0 Å². The third-order valence-electron chi connectivity index (χ3n) is 3.08. The summed E-state index contributed by atoms with van der Waals surface area (Å²) in [7, 11) is 0. The Labute approximate surface area is 151 Å². The number of thiol groups is 1. The fourth-order valence-electron chi connectivity index (χ4n) is 1.98. The van der Waals surface area contributed by atoms with Crippen LogP contribution in [0.3, 0.4) is 0 Å². The van der Waals surface area contributed by atoms with Gasteiger partial charge in [0.2, 0.25) is 5.95 Å². The van der Waals surface area contributed by atoms with Gasteiger partial charge in [0, 0.05) is 30.6 Å². The number of ether oxygens (including phenoxy) is 1. The van der Waals surface area contributed by atoms with Crippen LogP contribution in [-0.2, 0) is 4.74 Å². The van der Waals surface area contributed by atoms with Crippen molar-refractivity contribution < 1.29 is 14.3 Å². The minimum absolute atomic E-state index is 0.123. The Kier molecular flexibility index (Phi) is 10.1. The van der Waals surface area contributed by atoms with E-state index in [0.29, 0.717) is 31.1 Å². The van der Waals surface area contributed by atoms with Gasteiger partial charge in [-0.05, 0) is 19.8 Å². The molecule has 0 saturated heterocycles. The molecule has 25 heavy (non-hydrogen) atoms. The molecule has 0 bridgehead atoms. The van der Waals surface area contributed by atoms with Crippen LogP contribution in [0.4, 0.5) is 15.5 Å². The molecule has 0 radical (unpaired) electrons. The molecule has 9 nitrogen and oxygen atoms in total. The molecule has 3 amide bonds. The van der Waals surface area contributed by atoms with Crippen molar-refractivity contribution in [2.24, 2.45) is 0 Å². The predicted molar refractivity (Wildman–Crippen MR) is 98.3 cm³/mol. The standard InChI is InChI=1S/C15H25N5O4S/c1-11-10-12(21)19-13(18-11)20-14(22)16-6-4-2-3-5-7-17-15(23)24-8-9-25/h10,25H,2-9H2,1H3,(H,17,23)(H3,16,18,19,20,21,22). The summed E-state index contributed by atoms with van der Waals surface area (Å²) in [4.78, 5) is 40.5. The normalized spacial score (nSPS) is 10.2. The van der Waals surface area contributed by atoms with Crippen LogP contribution in [0, 0.1) is 6.92 Å². The van der Waals surface area contributed by atoms with Gasteiger partial charge >= 0.3 is 12.1 Å². The van der Waals surface area contributed by atoms with Gasteiger partial charge in [-0.25, -0.2) is 14.6 Å². The maximum absolute atomic E-state index is 11.7. The lowest BCUT2D eigenvalue weighted by Gasteiger charge is -2.07. The van der Waals surface area contributed by atoms with Crippen molar-refractivity contribution in [2.45, 2.75) is 32.6 Å².